The van der Waals surface area contributed by atoms with Gasteiger partial charge in [0.1, 0.15) is 0 Å². The van der Waals surface area contributed by atoms with Crippen molar-refractivity contribution >= 4 is 45.2 Å². The van der Waals surface area contributed by atoms with Gasteiger partial charge >= 0.3 is 7.32 Å². The highest BCUT2D eigenvalue weighted by molar-refractivity contribution is 7.80. The number of hydrogen-bond acceptors (Lipinski definition) is 6. The fraction of sp³-hybridized carbons (Fsp3) is 1.00. The van der Waals surface area contributed by atoms with E-state index in [1.165, 1.54) is 173 Å². The average Bonchev–Trinajstić information content (AvgIpc) is 3.02. The van der Waals surface area contributed by atoms with Crippen LogP contribution in [0.2, 0.25) is 0 Å². The Kier molecular flexibility index (Phi) is 42.0. The molecule has 0 aliphatic carbocycles. The number of rotatable bonds is 39. The smallest absolute Gasteiger partial charge is 0.386 e. The lowest BCUT2D eigenvalue weighted by atomic mass is 10.1. The minimum Gasteiger partial charge on any atom is -0.386 e. The van der Waals surface area contributed by atoms with E-state index in [2.05, 4.69) is 37.9 Å². The second kappa shape index (κ2) is 41.0. The minimum absolute atomic E-state index is 0.480. The zero-order valence-corrected chi connectivity index (χ0v) is 31.3. The molecule has 0 aromatic rings. The Morgan fingerprint density at radius 1 is 0.233 bits per heavy atom. The van der Waals surface area contributed by atoms with Crippen molar-refractivity contribution in [3.05, 3.63) is 0 Å². The lowest BCUT2D eigenvalue weighted by molar-refractivity contribution is 0.0885. The van der Waals surface area contributed by atoms with Crippen molar-refractivity contribution in [2.24, 2.45) is 0 Å². The number of hydrogen-bond donors (Lipinski definition) is 3. The third-order valence-corrected chi connectivity index (χ3v) is 9.37. The molecule has 43 heavy (non-hydrogen) atoms. The van der Waals surface area contributed by atoms with Gasteiger partial charge in [0.15, 0.2) is 0 Å². The van der Waals surface area contributed by atoms with Crippen LogP contribution < -0.4 is 0 Å². The largest absolute Gasteiger partial charge is 0.639 e. The van der Waals surface area contributed by atoms with Crippen LogP contribution in [0.3, 0.4) is 0 Å². The van der Waals surface area contributed by atoms with Crippen LogP contribution in [0, 0.1) is 0 Å². The summed E-state index contributed by atoms with van der Waals surface area (Å²) in [6.45, 7) is 2.24. The van der Waals surface area contributed by atoms with Crippen LogP contribution in [0.15, 0.2) is 0 Å². The molecule has 0 aromatic carbocycles. The van der Waals surface area contributed by atoms with Gasteiger partial charge < -0.3 is 14.0 Å². The highest BCUT2D eigenvalue weighted by Crippen LogP contribution is 2.14. The van der Waals surface area contributed by atoms with E-state index in [0.717, 1.165) is 56.3 Å². The molecule has 0 bridgehead atoms. The SMILES string of the molecule is SCCCCCCCCCCCCOB(OCCCCCCCCCCCCS)OCCCCCCCCCCCCS. The van der Waals surface area contributed by atoms with E-state index in [9.17, 15) is 0 Å². The minimum atomic E-state index is -0.480. The van der Waals surface area contributed by atoms with E-state index in [1.807, 2.05) is 0 Å². The molecule has 0 saturated carbocycles. The van der Waals surface area contributed by atoms with Crippen LogP contribution >= 0.6 is 37.9 Å². The van der Waals surface area contributed by atoms with Crippen LogP contribution in [0.25, 0.3) is 0 Å². The monoisotopic (exact) mass is 662 g/mol. The molecule has 0 N–H and O–H groups in total. The first-order valence-corrected chi connectivity index (χ1v) is 20.9. The van der Waals surface area contributed by atoms with E-state index in [4.69, 9.17) is 14.0 Å². The standard InChI is InChI=1S/C36H75BO3S3/c41-34-28-22-16-10-4-1-7-13-19-25-31-38-37(39-32-26-20-14-8-2-5-11-17-23-29-35-42)40-33-27-21-15-9-3-6-12-18-24-30-36-43/h41-43H,1-36H2. The fourth-order valence-corrected chi connectivity index (χ4v) is 6.24. The summed E-state index contributed by atoms with van der Waals surface area (Å²) in [5.41, 5.74) is 0. The van der Waals surface area contributed by atoms with Gasteiger partial charge in [-0.3, -0.25) is 0 Å². The normalized spacial score (nSPS) is 11.5. The number of unbranched alkanes of at least 4 members (excludes halogenated alkanes) is 27. The molecule has 0 fully saturated rings. The van der Waals surface area contributed by atoms with Crippen molar-refractivity contribution in [3.63, 3.8) is 0 Å². The fourth-order valence-electron chi connectivity index (χ4n) is 5.57. The molecule has 0 aromatic heterocycles. The molecule has 0 aliphatic rings. The highest BCUT2D eigenvalue weighted by Gasteiger charge is 2.20. The van der Waals surface area contributed by atoms with Gasteiger partial charge in [-0.25, -0.2) is 0 Å². The predicted molar refractivity (Wildman–Crippen MR) is 204 cm³/mol. The summed E-state index contributed by atoms with van der Waals surface area (Å²) in [6, 6.07) is 0. The van der Waals surface area contributed by atoms with Crippen molar-refractivity contribution in [1.82, 2.24) is 0 Å². The molecule has 0 atom stereocenters. The summed E-state index contributed by atoms with van der Waals surface area (Å²) in [4.78, 5) is 0. The van der Waals surface area contributed by atoms with Crippen LogP contribution in [-0.2, 0) is 14.0 Å². The Hall–Kier alpha value is 0.995. The van der Waals surface area contributed by atoms with E-state index in [0.29, 0.717) is 0 Å². The van der Waals surface area contributed by atoms with E-state index < -0.39 is 7.32 Å². The van der Waals surface area contributed by atoms with Gasteiger partial charge in [0.05, 0.1) is 0 Å². The third-order valence-electron chi connectivity index (χ3n) is 8.42. The molecule has 0 rings (SSSR count). The second-order valence-corrected chi connectivity index (χ2v) is 14.0. The van der Waals surface area contributed by atoms with Gasteiger partial charge in [0, 0.05) is 19.8 Å². The average molecular weight is 663 g/mol. The predicted octanol–water partition coefficient (Wildman–Crippen LogP) is 12.5. The summed E-state index contributed by atoms with van der Waals surface area (Å²) >= 11 is 12.9. The highest BCUT2D eigenvalue weighted by atomic mass is 32.1. The van der Waals surface area contributed by atoms with Crippen LogP contribution in [-0.4, -0.2) is 44.4 Å². The van der Waals surface area contributed by atoms with Gasteiger partial charge in [-0.05, 0) is 55.8 Å². The summed E-state index contributed by atoms with van der Waals surface area (Å²) in [6.07, 6.45) is 39.5. The Morgan fingerprint density at radius 2 is 0.395 bits per heavy atom. The van der Waals surface area contributed by atoms with E-state index in [-0.39, 0.29) is 0 Å². The van der Waals surface area contributed by atoms with Crippen molar-refractivity contribution in [2.45, 2.75) is 193 Å². The van der Waals surface area contributed by atoms with Crippen molar-refractivity contribution in [1.29, 1.82) is 0 Å². The van der Waals surface area contributed by atoms with Gasteiger partial charge in [0.2, 0.25) is 0 Å². The zero-order chi connectivity index (χ0) is 31.2. The first-order chi connectivity index (χ1) is 21.3. The second-order valence-electron chi connectivity index (χ2n) is 12.7. The van der Waals surface area contributed by atoms with Crippen LogP contribution in [0.1, 0.15) is 193 Å². The first kappa shape index (κ1) is 44.0. The molecule has 0 heterocycles. The maximum atomic E-state index is 6.06. The summed E-state index contributed by atoms with van der Waals surface area (Å²) < 4.78 is 18.2. The zero-order valence-electron chi connectivity index (χ0n) is 28.6. The molecule has 0 unspecified atom stereocenters. The molecule has 0 saturated heterocycles. The lowest BCUT2D eigenvalue weighted by Gasteiger charge is -2.15. The third kappa shape index (κ3) is 39.1. The Bertz CT molecular complexity index is 424. The van der Waals surface area contributed by atoms with E-state index >= 15 is 0 Å². The summed E-state index contributed by atoms with van der Waals surface area (Å²) in [7, 11) is -0.480. The van der Waals surface area contributed by atoms with Gasteiger partial charge in [-0.15, -0.1) is 0 Å². The molecular weight excluding hydrogens is 587 g/mol. The van der Waals surface area contributed by atoms with Crippen LogP contribution in [0.5, 0.6) is 0 Å². The molecule has 258 valence electrons. The quantitative estimate of drug-likeness (QED) is 0.0347. The van der Waals surface area contributed by atoms with Crippen molar-refractivity contribution in [2.75, 3.05) is 37.1 Å². The van der Waals surface area contributed by atoms with Gasteiger partial charge in [-0.2, -0.15) is 37.9 Å². The van der Waals surface area contributed by atoms with Crippen LogP contribution in [0.4, 0.5) is 0 Å². The van der Waals surface area contributed by atoms with Gasteiger partial charge in [0.25, 0.3) is 0 Å². The Morgan fingerprint density at radius 3 is 0.581 bits per heavy atom. The van der Waals surface area contributed by atoms with E-state index in [1.54, 1.807) is 0 Å². The molecule has 0 aliphatic heterocycles. The molecule has 0 radical (unpaired) electrons. The van der Waals surface area contributed by atoms with Gasteiger partial charge in [-0.1, -0.05) is 154 Å². The molecular formula is C36H75BO3S3. The lowest BCUT2D eigenvalue weighted by Crippen LogP contribution is -2.28. The maximum absolute atomic E-state index is 6.06. The topological polar surface area (TPSA) is 27.7 Å². The summed E-state index contributed by atoms with van der Waals surface area (Å²) in [5.74, 6) is 3.11. The molecule has 0 amide bonds. The molecule has 0 spiro atoms. The van der Waals surface area contributed by atoms with Crippen molar-refractivity contribution in [3.8, 4) is 0 Å². The maximum Gasteiger partial charge on any atom is 0.639 e. The first-order valence-electron chi connectivity index (χ1n) is 19.0. The summed E-state index contributed by atoms with van der Waals surface area (Å²) in [5, 5.41) is 0. The Balaban J connectivity index is 3.90. The number of thiol groups is 3. The Labute approximate surface area is 287 Å². The molecule has 3 nitrogen and oxygen atoms in total. The molecule has 7 heteroatoms. The van der Waals surface area contributed by atoms with Crippen molar-refractivity contribution < 1.29 is 14.0 Å².